The molecule has 0 aliphatic rings. The number of halogens is 6. The van der Waals surface area contributed by atoms with Crippen molar-refractivity contribution in [1.29, 1.82) is 0 Å². The molecule has 0 aliphatic heterocycles. The molecule has 0 N–H and O–H groups in total. The van der Waals surface area contributed by atoms with Crippen LogP contribution in [0.25, 0.3) is 0 Å². The van der Waals surface area contributed by atoms with Crippen LogP contribution in [0.1, 0.15) is 35.0 Å². The highest BCUT2D eigenvalue weighted by molar-refractivity contribution is 5.89. The smallest absolute Gasteiger partial charge is 0.417 e. The maximum absolute atomic E-state index is 12.9. The Morgan fingerprint density at radius 3 is 2.42 bits per heavy atom. The third-order valence-corrected chi connectivity index (χ3v) is 2.02. The highest BCUT2D eigenvalue weighted by Crippen LogP contribution is 2.38. The molecule has 3 nitrogen and oxygen atoms in total. The van der Waals surface area contributed by atoms with E-state index in [-0.39, 0.29) is 12.7 Å². The highest BCUT2D eigenvalue weighted by atomic mass is 19.4. The Kier molecular flexibility index (Phi) is 4.38. The summed E-state index contributed by atoms with van der Waals surface area (Å²) in [4.78, 5) is 14.0. The van der Waals surface area contributed by atoms with Crippen LogP contribution >= 0.6 is 0 Å². The molecule has 1 aromatic rings. The van der Waals surface area contributed by atoms with Gasteiger partial charge in [-0.05, 0) is 6.92 Å². The van der Waals surface area contributed by atoms with Gasteiger partial charge in [0.25, 0.3) is 6.43 Å². The molecule has 9 heteroatoms. The highest BCUT2D eigenvalue weighted by Gasteiger charge is 2.40. The molecule has 19 heavy (non-hydrogen) atoms. The standard InChI is InChI=1S/C10H7F6NO2/c1-2-19-9(18)7-6(8(12)13)4(10(14,15)16)3-5(11)17-7/h3,8H,2H2,1H3. The van der Waals surface area contributed by atoms with Crippen molar-refractivity contribution in [1.82, 2.24) is 4.98 Å². The predicted octanol–water partition coefficient (Wildman–Crippen LogP) is 3.35. The van der Waals surface area contributed by atoms with Gasteiger partial charge in [0.05, 0.1) is 17.7 Å². The van der Waals surface area contributed by atoms with Crippen molar-refractivity contribution >= 4 is 5.97 Å². The first kappa shape index (κ1) is 15.3. The van der Waals surface area contributed by atoms with E-state index in [1.807, 2.05) is 0 Å². The lowest BCUT2D eigenvalue weighted by molar-refractivity contribution is -0.139. The molecule has 1 rings (SSSR count). The van der Waals surface area contributed by atoms with Crippen molar-refractivity contribution in [3.63, 3.8) is 0 Å². The van der Waals surface area contributed by atoms with Crippen LogP contribution in [-0.4, -0.2) is 17.6 Å². The van der Waals surface area contributed by atoms with Crippen molar-refractivity contribution in [2.45, 2.75) is 19.5 Å². The molecule has 0 saturated heterocycles. The number of pyridine rings is 1. The topological polar surface area (TPSA) is 39.2 Å². The Labute approximate surface area is 103 Å². The number of nitrogens with zero attached hydrogens (tertiary/aromatic N) is 1. The fourth-order valence-electron chi connectivity index (χ4n) is 1.33. The molecule has 0 aromatic carbocycles. The Hall–Kier alpha value is -1.80. The lowest BCUT2D eigenvalue weighted by Gasteiger charge is -2.15. The molecule has 0 saturated carbocycles. The van der Waals surface area contributed by atoms with E-state index < -0.39 is 41.3 Å². The van der Waals surface area contributed by atoms with Crippen LogP contribution in [0.2, 0.25) is 0 Å². The number of hydrogen-bond donors (Lipinski definition) is 0. The molecular weight excluding hydrogens is 280 g/mol. The van der Waals surface area contributed by atoms with Crippen LogP contribution in [0, 0.1) is 5.95 Å². The first-order chi connectivity index (χ1) is 8.68. The molecule has 1 aromatic heterocycles. The van der Waals surface area contributed by atoms with E-state index in [9.17, 15) is 31.1 Å². The van der Waals surface area contributed by atoms with Gasteiger partial charge in [0.15, 0.2) is 5.69 Å². The van der Waals surface area contributed by atoms with E-state index in [1.54, 1.807) is 0 Å². The number of esters is 1. The van der Waals surface area contributed by atoms with Gasteiger partial charge in [-0.25, -0.2) is 18.6 Å². The third-order valence-electron chi connectivity index (χ3n) is 2.02. The zero-order chi connectivity index (χ0) is 14.8. The van der Waals surface area contributed by atoms with Gasteiger partial charge in [0, 0.05) is 6.07 Å². The largest absolute Gasteiger partial charge is 0.461 e. The van der Waals surface area contributed by atoms with Gasteiger partial charge >= 0.3 is 12.1 Å². The quantitative estimate of drug-likeness (QED) is 0.486. The predicted molar refractivity (Wildman–Crippen MR) is 50.1 cm³/mol. The number of aromatic nitrogens is 1. The number of alkyl halides is 5. The summed E-state index contributed by atoms with van der Waals surface area (Å²) in [6.45, 7) is 1.03. The molecule has 0 radical (unpaired) electrons. The fraction of sp³-hybridized carbons (Fsp3) is 0.400. The van der Waals surface area contributed by atoms with Gasteiger partial charge in [-0.2, -0.15) is 17.6 Å². The maximum Gasteiger partial charge on any atom is 0.417 e. The van der Waals surface area contributed by atoms with E-state index in [0.717, 1.165) is 0 Å². The first-order valence-electron chi connectivity index (χ1n) is 4.91. The maximum atomic E-state index is 12.9. The van der Waals surface area contributed by atoms with Gasteiger partial charge < -0.3 is 4.74 Å². The molecule has 0 bridgehead atoms. The fourth-order valence-corrected chi connectivity index (χ4v) is 1.33. The van der Waals surface area contributed by atoms with E-state index in [1.165, 1.54) is 6.92 Å². The molecule has 0 aliphatic carbocycles. The van der Waals surface area contributed by atoms with Gasteiger partial charge in [0.1, 0.15) is 0 Å². The van der Waals surface area contributed by atoms with Crippen LogP contribution < -0.4 is 0 Å². The van der Waals surface area contributed by atoms with Crippen molar-refractivity contribution in [2.75, 3.05) is 6.61 Å². The van der Waals surface area contributed by atoms with Gasteiger partial charge in [-0.15, -0.1) is 0 Å². The van der Waals surface area contributed by atoms with Gasteiger partial charge in [0.2, 0.25) is 5.95 Å². The lowest BCUT2D eigenvalue weighted by Crippen LogP contribution is -2.19. The molecule has 1 heterocycles. The van der Waals surface area contributed by atoms with Crippen LogP contribution in [0.15, 0.2) is 6.07 Å². The number of hydrogen-bond acceptors (Lipinski definition) is 3. The van der Waals surface area contributed by atoms with E-state index >= 15 is 0 Å². The van der Waals surface area contributed by atoms with Crippen molar-refractivity contribution in [2.24, 2.45) is 0 Å². The monoisotopic (exact) mass is 287 g/mol. The zero-order valence-electron chi connectivity index (χ0n) is 9.39. The number of ether oxygens (including phenoxy) is 1. The summed E-state index contributed by atoms with van der Waals surface area (Å²) in [6.07, 6.45) is -8.89. The van der Waals surface area contributed by atoms with E-state index in [0.29, 0.717) is 0 Å². The SMILES string of the molecule is CCOC(=O)c1nc(F)cc(C(F)(F)F)c1C(F)F. The molecule has 0 fully saturated rings. The molecule has 106 valence electrons. The molecule has 0 spiro atoms. The van der Waals surface area contributed by atoms with Crippen LogP contribution in [0.3, 0.4) is 0 Å². The average Bonchev–Trinajstić information content (AvgIpc) is 2.26. The zero-order valence-corrected chi connectivity index (χ0v) is 9.39. The number of rotatable bonds is 3. The van der Waals surface area contributed by atoms with Crippen LogP contribution in [0.5, 0.6) is 0 Å². The summed E-state index contributed by atoms with van der Waals surface area (Å²) in [5.74, 6) is -3.23. The normalized spacial score (nSPS) is 11.8. The van der Waals surface area contributed by atoms with E-state index in [2.05, 4.69) is 9.72 Å². The minimum atomic E-state index is -5.24. The summed E-state index contributed by atoms with van der Waals surface area (Å²) in [7, 11) is 0. The summed E-state index contributed by atoms with van der Waals surface area (Å²) >= 11 is 0. The molecular formula is C10H7F6NO2. The molecule has 0 atom stereocenters. The Morgan fingerprint density at radius 1 is 1.42 bits per heavy atom. The van der Waals surface area contributed by atoms with Crippen molar-refractivity contribution < 1.29 is 35.9 Å². The minimum absolute atomic E-state index is 0.190. The third kappa shape index (κ3) is 3.36. The summed E-state index contributed by atoms with van der Waals surface area (Å²) in [5.41, 5.74) is -5.01. The van der Waals surface area contributed by atoms with Crippen molar-refractivity contribution in [3.05, 3.63) is 28.8 Å². The Morgan fingerprint density at radius 2 is 2.00 bits per heavy atom. The minimum Gasteiger partial charge on any atom is -0.461 e. The second-order valence-corrected chi connectivity index (χ2v) is 3.27. The average molecular weight is 287 g/mol. The molecule has 0 amide bonds. The van der Waals surface area contributed by atoms with Gasteiger partial charge in [-0.1, -0.05) is 0 Å². The summed E-state index contributed by atoms with van der Waals surface area (Å²) < 4.78 is 80.2. The molecule has 0 unspecified atom stereocenters. The second kappa shape index (κ2) is 5.45. The summed E-state index contributed by atoms with van der Waals surface area (Å²) in [6, 6.07) is -0.190. The lowest BCUT2D eigenvalue weighted by atomic mass is 10.1. The summed E-state index contributed by atoms with van der Waals surface area (Å²) in [5, 5.41) is 0. The Bertz CT molecular complexity index is 486. The first-order valence-corrected chi connectivity index (χ1v) is 4.91. The number of carbonyl (C=O) groups excluding carboxylic acids is 1. The van der Waals surface area contributed by atoms with Crippen molar-refractivity contribution in [3.8, 4) is 0 Å². The van der Waals surface area contributed by atoms with Gasteiger partial charge in [-0.3, -0.25) is 0 Å². The Balaban J connectivity index is 3.54. The number of carbonyl (C=O) groups is 1. The van der Waals surface area contributed by atoms with E-state index in [4.69, 9.17) is 0 Å². The van der Waals surface area contributed by atoms with Crippen LogP contribution in [-0.2, 0) is 10.9 Å². The van der Waals surface area contributed by atoms with Crippen LogP contribution in [0.4, 0.5) is 26.3 Å². The second-order valence-electron chi connectivity index (χ2n) is 3.27.